The molecule has 1 aromatic rings. The van der Waals surface area contributed by atoms with Crippen molar-refractivity contribution in [2.75, 3.05) is 13.1 Å². The molecule has 4 nitrogen and oxygen atoms in total. The number of rotatable bonds is 1. The Balaban J connectivity index is 2.13. The van der Waals surface area contributed by atoms with Crippen LogP contribution >= 0.6 is 11.6 Å². The fraction of sp³-hybridized carbons (Fsp3) is 0.364. The van der Waals surface area contributed by atoms with Crippen molar-refractivity contribution >= 4 is 17.5 Å². The predicted molar refractivity (Wildman–Crippen MR) is 61.3 cm³/mol. The molecule has 1 aliphatic heterocycles. The smallest absolute Gasteiger partial charge is 0.274 e. The molecule has 0 aromatic carbocycles. The molecule has 84 valence electrons. The fourth-order valence-corrected chi connectivity index (χ4v) is 1.78. The maximum Gasteiger partial charge on any atom is 0.274 e. The van der Waals surface area contributed by atoms with Gasteiger partial charge in [-0.25, -0.2) is 0 Å². The van der Waals surface area contributed by atoms with Gasteiger partial charge >= 0.3 is 0 Å². The van der Waals surface area contributed by atoms with Gasteiger partial charge < -0.3 is 4.90 Å². The van der Waals surface area contributed by atoms with Crippen LogP contribution < -0.4 is 0 Å². The van der Waals surface area contributed by atoms with Crippen LogP contribution in [0, 0.1) is 0 Å². The molecule has 0 fully saturated rings. The summed E-state index contributed by atoms with van der Waals surface area (Å²) < 4.78 is 0. The van der Waals surface area contributed by atoms with Crippen molar-refractivity contribution in [2.45, 2.75) is 13.3 Å². The summed E-state index contributed by atoms with van der Waals surface area (Å²) in [4.78, 5) is 13.8. The average Bonchev–Trinajstić information content (AvgIpc) is 2.29. The van der Waals surface area contributed by atoms with Gasteiger partial charge in [-0.1, -0.05) is 23.3 Å². The molecule has 0 radical (unpaired) electrons. The van der Waals surface area contributed by atoms with E-state index in [1.807, 2.05) is 6.92 Å². The second-order valence-corrected chi connectivity index (χ2v) is 4.19. The van der Waals surface area contributed by atoms with E-state index in [9.17, 15) is 4.79 Å². The molecule has 0 bridgehead atoms. The summed E-state index contributed by atoms with van der Waals surface area (Å²) in [5.41, 5.74) is 1.56. The molecular formula is C11H12ClN3O. The molecule has 1 aromatic heterocycles. The van der Waals surface area contributed by atoms with E-state index in [4.69, 9.17) is 11.6 Å². The third-order valence-corrected chi connectivity index (χ3v) is 2.67. The standard InChI is InChI=1S/C11H12ClN3O/c1-8-3-2-6-15(7-8)11(16)9-4-5-10(12)14-13-9/h3-5H,2,6-7H2,1H3. The molecule has 0 aliphatic carbocycles. The summed E-state index contributed by atoms with van der Waals surface area (Å²) in [6.07, 6.45) is 3.05. The predicted octanol–water partition coefficient (Wildman–Crippen LogP) is 1.92. The van der Waals surface area contributed by atoms with E-state index in [2.05, 4.69) is 16.3 Å². The lowest BCUT2D eigenvalue weighted by Gasteiger charge is -2.25. The number of hydrogen-bond donors (Lipinski definition) is 0. The van der Waals surface area contributed by atoms with Crippen LogP contribution in [0.15, 0.2) is 23.8 Å². The Hall–Kier alpha value is -1.42. The Labute approximate surface area is 98.9 Å². The molecule has 16 heavy (non-hydrogen) atoms. The summed E-state index contributed by atoms with van der Waals surface area (Å²) in [5.74, 6) is -0.0865. The Kier molecular flexibility index (Phi) is 3.19. The van der Waals surface area contributed by atoms with Crippen molar-refractivity contribution in [1.82, 2.24) is 15.1 Å². The molecule has 2 heterocycles. The first kappa shape index (κ1) is 11.1. The molecule has 0 spiro atoms. The maximum absolute atomic E-state index is 12.0. The zero-order valence-electron chi connectivity index (χ0n) is 8.98. The molecule has 5 heteroatoms. The summed E-state index contributed by atoms with van der Waals surface area (Å²) in [5, 5.41) is 7.75. The molecule has 0 atom stereocenters. The van der Waals surface area contributed by atoms with Gasteiger partial charge in [-0.3, -0.25) is 4.79 Å². The lowest BCUT2D eigenvalue weighted by atomic mass is 10.1. The first-order valence-corrected chi connectivity index (χ1v) is 5.49. The molecule has 1 amide bonds. The average molecular weight is 238 g/mol. The normalized spacial score (nSPS) is 15.9. The highest BCUT2D eigenvalue weighted by molar-refractivity contribution is 6.29. The van der Waals surface area contributed by atoms with Gasteiger partial charge in [-0.2, -0.15) is 0 Å². The molecular weight excluding hydrogens is 226 g/mol. The van der Waals surface area contributed by atoms with Crippen LogP contribution in [-0.4, -0.2) is 34.1 Å². The van der Waals surface area contributed by atoms with Crippen molar-refractivity contribution in [3.05, 3.63) is 34.6 Å². The van der Waals surface area contributed by atoms with Gasteiger partial charge in [-0.15, -0.1) is 10.2 Å². The lowest BCUT2D eigenvalue weighted by molar-refractivity contribution is 0.0759. The lowest BCUT2D eigenvalue weighted by Crippen LogP contribution is -2.35. The summed E-state index contributed by atoms with van der Waals surface area (Å²) >= 11 is 5.62. The molecule has 1 aliphatic rings. The van der Waals surface area contributed by atoms with Crippen LogP contribution in [-0.2, 0) is 0 Å². The Bertz CT molecular complexity index is 427. The Morgan fingerprint density at radius 3 is 2.88 bits per heavy atom. The van der Waals surface area contributed by atoms with E-state index in [1.165, 1.54) is 5.57 Å². The van der Waals surface area contributed by atoms with Crippen molar-refractivity contribution < 1.29 is 4.79 Å². The minimum atomic E-state index is -0.0865. The van der Waals surface area contributed by atoms with Crippen molar-refractivity contribution in [2.24, 2.45) is 0 Å². The summed E-state index contributed by atoms with van der Waals surface area (Å²) in [6.45, 7) is 3.43. The summed E-state index contributed by atoms with van der Waals surface area (Å²) in [6, 6.07) is 3.18. The Morgan fingerprint density at radius 2 is 2.25 bits per heavy atom. The molecule has 0 saturated heterocycles. The molecule has 2 rings (SSSR count). The van der Waals surface area contributed by atoms with E-state index < -0.39 is 0 Å². The zero-order chi connectivity index (χ0) is 11.5. The number of hydrogen-bond acceptors (Lipinski definition) is 3. The number of carbonyl (C=O) groups excluding carboxylic acids is 1. The van der Waals surface area contributed by atoms with Gasteiger partial charge in [0.25, 0.3) is 5.91 Å². The van der Waals surface area contributed by atoms with Crippen LogP contribution in [0.25, 0.3) is 0 Å². The van der Waals surface area contributed by atoms with Crippen LogP contribution in [0.3, 0.4) is 0 Å². The van der Waals surface area contributed by atoms with Gasteiger partial charge in [0, 0.05) is 13.1 Å². The zero-order valence-corrected chi connectivity index (χ0v) is 9.74. The third-order valence-electron chi connectivity index (χ3n) is 2.47. The Morgan fingerprint density at radius 1 is 1.44 bits per heavy atom. The number of halogens is 1. The van der Waals surface area contributed by atoms with E-state index in [1.54, 1.807) is 17.0 Å². The van der Waals surface area contributed by atoms with E-state index in [0.29, 0.717) is 17.4 Å². The monoisotopic (exact) mass is 237 g/mol. The number of nitrogens with zero attached hydrogens (tertiary/aromatic N) is 3. The minimum Gasteiger partial charge on any atom is -0.333 e. The molecule has 0 unspecified atom stereocenters. The van der Waals surface area contributed by atoms with Crippen LogP contribution in [0.5, 0.6) is 0 Å². The van der Waals surface area contributed by atoms with Gasteiger partial charge in [-0.05, 0) is 25.5 Å². The first-order valence-electron chi connectivity index (χ1n) is 5.11. The second kappa shape index (κ2) is 4.61. The van der Waals surface area contributed by atoms with Crippen molar-refractivity contribution in [3.8, 4) is 0 Å². The maximum atomic E-state index is 12.0. The largest absolute Gasteiger partial charge is 0.333 e. The van der Waals surface area contributed by atoms with Crippen LogP contribution in [0.2, 0.25) is 5.15 Å². The highest BCUT2D eigenvalue weighted by Crippen LogP contribution is 2.12. The fourth-order valence-electron chi connectivity index (χ4n) is 1.68. The van der Waals surface area contributed by atoms with Gasteiger partial charge in [0.1, 0.15) is 0 Å². The van der Waals surface area contributed by atoms with Crippen molar-refractivity contribution in [3.63, 3.8) is 0 Å². The van der Waals surface area contributed by atoms with Crippen LogP contribution in [0.4, 0.5) is 0 Å². The molecule has 0 N–H and O–H groups in total. The first-order chi connectivity index (χ1) is 7.66. The number of amides is 1. The van der Waals surface area contributed by atoms with Gasteiger partial charge in [0.15, 0.2) is 10.8 Å². The topological polar surface area (TPSA) is 46.1 Å². The minimum absolute atomic E-state index is 0.0865. The number of aromatic nitrogens is 2. The summed E-state index contributed by atoms with van der Waals surface area (Å²) in [7, 11) is 0. The molecule has 0 saturated carbocycles. The second-order valence-electron chi connectivity index (χ2n) is 3.81. The van der Waals surface area contributed by atoms with Crippen molar-refractivity contribution in [1.29, 1.82) is 0 Å². The SMILES string of the molecule is CC1=CCCN(C(=O)c2ccc(Cl)nn2)C1. The number of carbonyl (C=O) groups is 1. The van der Waals surface area contributed by atoms with E-state index in [0.717, 1.165) is 13.0 Å². The van der Waals surface area contributed by atoms with E-state index >= 15 is 0 Å². The quantitative estimate of drug-likeness (QED) is 0.701. The highest BCUT2D eigenvalue weighted by atomic mass is 35.5. The van der Waals surface area contributed by atoms with Crippen LogP contribution in [0.1, 0.15) is 23.8 Å². The third kappa shape index (κ3) is 2.39. The van der Waals surface area contributed by atoms with Gasteiger partial charge in [0.2, 0.25) is 0 Å². The highest BCUT2D eigenvalue weighted by Gasteiger charge is 2.19. The van der Waals surface area contributed by atoms with Gasteiger partial charge in [0.05, 0.1) is 0 Å². The van der Waals surface area contributed by atoms with E-state index in [-0.39, 0.29) is 5.91 Å².